The number of nitrogens with zero attached hydrogens (tertiary/aromatic N) is 6. The van der Waals surface area contributed by atoms with Crippen molar-refractivity contribution in [3.8, 4) is 0 Å². The molecule has 4 rings (SSSR count). The summed E-state index contributed by atoms with van der Waals surface area (Å²) < 4.78 is 14.5. The Bertz CT molecular complexity index is 738. The number of aromatic nitrogens is 4. The maximum Gasteiger partial charge on any atom is 0.187 e. The summed E-state index contributed by atoms with van der Waals surface area (Å²) in [5.74, 6) is 2.22. The fraction of sp³-hybridized carbons (Fsp3) is 0.529. The van der Waals surface area contributed by atoms with Crippen LogP contribution in [0.15, 0.2) is 18.7 Å². The molecule has 2 aliphatic rings. The number of aryl methyl sites for hydroxylation is 2. The lowest BCUT2D eigenvalue weighted by Crippen LogP contribution is -2.30. The molecule has 0 amide bonds. The van der Waals surface area contributed by atoms with Gasteiger partial charge in [-0.3, -0.25) is 0 Å². The van der Waals surface area contributed by atoms with Crippen molar-refractivity contribution in [1.82, 2.24) is 19.9 Å². The zero-order chi connectivity index (χ0) is 16.7. The number of halogens is 1. The lowest BCUT2D eigenvalue weighted by atomic mass is 10.0. The van der Waals surface area contributed by atoms with E-state index in [1.54, 1.807) is 6.33 Å². The smallest absolute Gasteiger partial charge is 0.187 e. The van der Waals surface area contributed by atoms with E-state index in [2.05, 4.69) is 29.7 Å². The number of rotatable bonds is 3. The Morgan fingerprint density at radius 3 is 2.33 bits per heavy atom. The Kier molecular flexibility index (Phi) is 3.78. The lowest BCUT2D eigenvalue weighted by Gasteiger charge is -2.23. The van der Waals surface area contributed by atoms with Crippen LogP contribution in [0.25, 0.3) is 0 Å². The van der Waals surface area contributed by atoms with Gasteiger partial charge in [-0.25, -0.2) is 24.3 Å². The van der Waals surface area contributed by atoms with Crippen LogP contribution in [0.3, 0.4) is 0 Å². The van der Waals surface area contributed by atoms with Crippen molar-refractivity contribution in [2.24, 2.45) is 11.8 Å². The molecule has 2 atom stereocenters. The summed E-state index contributed by atoms with van der Waals surface area (Å²) in [7, 11) is 0. The second-order valence-electron chi connectivity index (χ2n) is 6.66. The predicted molar refractivity (Wildman–Crippen MR) is 89.5 cm³/mol. The molecule has 2 aliphatic heterocycles. The zero-order valence-electron chi connectivity index (χ0n) is 14.0. The Labute approximate surface area is 140 Å². The SMILES string of the molecule is CCc1ncnc(N2CC3CN(c4cc(C)ncn4)CC3C2)c1F. The quantitative estimate of drug-likeness (QED) is 0.857. The van der Waals surface area contributed by atoms with Crippen LogP contribution in [0.1, 0.15) is 18.3 Å². The van der Waals surface area contributed by atoms with E-state index >= 15 is 0 Å². The molecule has 2 aromatic heterocycles. The van der Waals surface area contributed by atoms with Crippen molar-refractivity contribution in [2.75, 3.05) is 36.0 Å². The molecule has 0 aromatic carbocycles. The van der Waals surface area contributed by atoms with E-state index < -0.39 is 0 Å². The van der Waals surface area contributed by atoms with E-state index in [0.717, 1.165) is 37.7 Å². The monoisotopic (exact) mass is 328 g/mol. The highest BCUT2D eigenvalue weighted by atomic mass is 19.1. The highest BCUT2D eigenvalue weighted by Gasteiger charge is 2.41. The van der Waals surface area contributed by atoms with E-state index in [0.29, 0.717) is 29.8 Å². The molecule has 0 spiro atoms. The first-order chi connectivity index (χ1) is 11.7. The van der Waals surface area contributed by atoms with Crippen LogP contribution in [0.4, 0.5) is 16.0 Å². The average Bonchev–Trinajstić information content (AvgIpc) is 3.14. The molecule has 24 heavy (non-hydrogen) atoms. The summed E-state index contributed by atoms with van der Waals surface area (Å²) in [5, 5.41) is 0. The number of hydrogen-bond donors (Lipinski definition) is 0. The van der Waals surface area contributed by atoms with E-state index in [-0.39, 0.29) is 5.82 Å². The second kappa shape index (κ2) is 5.96. The number of fused-ring (bicyclic) bond motifs is 1. The summed E-state index contributed by atoms with van der Waals surface area (Å²) in [4.78, 5) is 21.2. The Balaban J connectivity index is 1.48. The van der Waals surface area contributed by atoms with Crippen molar-refractivity contribution < 1.29 is 4.39 Å². The molecule has 2 aromatic rings. The van der Waals surface area contributed by atoms with Gasteiger partial charge in [-0.15, -0.1) is 0 Å². The van der Waals surface area contributed by atoms with Gasteiger partial charge in [-0.1, -0.05) is 6.92 Å². The molecule has 0 bridgehead atoms. The molecular weight excluding hydrogens is 307 g/mol. The largest absolute Gasteiger partial charge is 0.356 e. The maximum absolute atomic E-state index is 14.5. The molecule has 126 valence electrons. The first kappa shape index (κ1) is 15.2. The number of anilines is 2. The highest BCUT2D eigenvalue weighted by molar-refractivity contribution is 5.46. The standard InChI is InChI=1S/C17H21FN6/c1-3-14-16(18)17(22-10-20-14)24-7-12-5-23(6-13(12)8-24)15-4-11(2)19-9-21-15/h4,9-10,12-13H,3,5-8H2,1-2H3. The third-order valence-corrected chi connectivity index (χ3v) is 5.08. The van der Waals surface area contributed by atoms with Crippen LogP contribution >= 0.6 is 0 Å². The molecule has 0 N–H and O–H groups in total. The third-order valence-electron chi connectivity index (χ3n) is 5.08. The maximum atomic E-state index is 14.5. The first-order valence-corrected chi connectivity index (χ1v) is 8.43. The Hall–Kier alpha value is -2.31. The third kappa shape index (κ3) is 2.57. The summed E-state index contributed by atoms with van der Waals surface area (Å²) in [6.45, 7) is 7.46. The van der Waals surface area contributed by atoms with Crippen molar-refractivity contribution in [1.29, 1.82) is 0 Å². The van der Waals surface area contributed by atoms with Crippen LogP contribution in [0.2, 0.25) is 0 Å². The van der Waals surface area contributed by atoms with Gasteiger partial charge in [0.15, 0.2) is 11.6 Å². The molecule has 0 aliphatic carbocycles. The van der Waals surface area contributed by atoms with Crippen molar-refractivity contribution in [2.45, 2.75) is 20.3 Å². The fourth-order valence-electron chi connectivity index (χ4n) is 3.83. The van der Waals surface area contributed by atoms with Crippen molar-refractivity contribution >= 4 is 11.6 Å². The average molecular weight is 328 g/mol. The summed E-state index contributed by atoms with van der Waals surface area (Å²) >= 11 is 0. The van der Waals surface area contributed by atoms with Gasteiger partial charge in [-0.2, -0.15) is 0 Å². The van der Waals surface area contributed by atoms with Crippen LogP contribution in [-0.2, 0) is 6.42 Å². The molecule has 2 saturated heterocycles. The molecule has 7 heteroatoms. The molecule has 4 heterocycles. The van der Waals surface area contributed by atoms with Crippen LogP contribution in [0, 0.1) is 24.6 Å². The Morgan fingerprint density at radius 1 is 1.00 bits per heavy atom. The molecule has 2 fully saturated rings. The van der Waals surface area contributed by atoms with E-state index in [1.807, 2.05) is 19.9 Å². The van der Waals surface area contributed by atoms with Gasteiger partial charge in [0, 0.05) is 49.8 Å². The van der Waals surface area contributed by atoms with Gasteiger partial charge >= 0.3 is 0 Å². The molecule has 6 nitrogen and oxygen atoms in total. The van der Waals surface area contributed by atoms with Gasteiger partial charge in [0.05, 0.1) is 5.69 Å². The van der Waals surface area contributed by atoms with Crippen LogP contribution in [0.5, 0.6) is 0 Å². The van der Waals surface area contributed by atoms with Gasteiger partial charge < -0.3 is 9.80 Å². The van der Waals surface area contributed by atoms with E-state index in [1.165, 1.54) is 6.33 Å². The molecule has 0 saturated carbocycles. The first-order valence-electron chi connectivity index (χ1n) is 8.43. The Morgan fingerprint density at radius 2 is 1.67 bits per heavy atom. The predicted octanol–water partition coefficient (Wildman–Crippen LogP) is 1.85. The van der Waals surface area contributed by atoms with Crippen LogP contribution in [-0.4, -0.2) is 46.1 Å². The topological polar surface area (TPSA) is 58.0 Å². The summed E-state index contributed by atoms with van der Waals surface area (Å²) in [6.07, 6.45) is 3.68. The van der Waals surface area contributed by atoms with Crippen molar-refractivity contribution in [3.05, 3.63) is 35.9 Å². The molecule has 0 radical (unpaired) electrons. The van der Waals surface area contributed by atoms with Gasteiger partial charge in [0.1, 0.15) is 18.5 Å². The van der Waals surface area contributed by atoms with Crippen molar-refractivity contribution in [3.63, 3.8) is 0 Å². The molecule has 2 unspecified atom stereocenters. The summed E-state index contributed by atoms with van der Waals surface area (Å²) in [5.41, 5.74) is 1.48. The van der Waals surface area contributed by atoms with Gasteiger partial charge in [-0.05, 0) is 13.3 Å². The molecular formula is C17H21FN6. The normalized spacial score (nSPS) is 23.0. The second-order valence-corrected chi connectivity index (χ2v) is 6.66. The minimum Gasteiger partial charge on any atom is -0.356 e. The van der Waals surface area contributed by atoms with Gasteiger partial charge in [0.2, 0.25) is 0 Å². The minimum absolute atomic E-state index is 0.261. The minimum atomic E-state index is -0.261. The summed E-state index contributed by atoms with van der Waals surface area (Å²) in [6, 6.07) is 2.02. The fourth-order valence-corrected chi connectivity index (χ4v) is 3.83. The lowest BCUT2D eigenvalue weighted by molar-refractivity contribution is 0.533. The number of hydrogen-bond acceptors (Lipinski definition) is 6. The van der Waals surface area contributed by atoms with E-state index in [9.17, 15) is 4.39 Å². The zero-order valence-corrected chi connectivity index (χ0v) is 14.0. The van der Waals surface area contributed by atoms with Crippen LogP contribution < -0.4 is 9.80 Å². The van der Waals surface area contributed by atoms with E-state index in [4.69, 9.17) is 0 Å². The van der Waals surface area contributed by atoms with Gasteiger partial charge in [0.25, 0.3) is 0 Å². The highest BCUT2D eigenvalue weighted by Crippen LogP contribution is 2.35.